The summed E-state index contributed by atoms with van der Waals surface area (Å²) in [5.74, 6) is 0.137. The van der Waals surface area contributed by atoms with E-state index in [0.29, 0.717) is 17.9 Å². The van der Waals surface area contributed by atoms with Gasteiger partial charge in [0.25, 0.3) is 0 Å². The summed E-state index contributed by atoms with van der Waals surface area (Å²) < 4.78 is 21.6. The van der Waals surface area contributed by atoms with E-state index in [4.69, 9.17) is 18.9 Å². The molecule has 0 radical (unpaired) electrons. The summed E-state index contributed by atoms with van der Waals surface area (Å²) in [6.07, 6.45) is -2.50. The average molecular weight is 402 g/mol. The summed E-state index contributed by atoms with van der Waals surface area (Å²) in [7, 11) is 1.38. The lowest BCUT2D eigenvalue weighted by molar-refractivity contribution is -0.302. The van der Waals surface area contributed by atoms with Crippen LogP contribution in [0.4, 0.5) is 0 Å². The van der Waals surface area contributed by atoms with Gasteiger partial charge in [-0.25, -0.2) is 4.79 Å². The standard InChI is InChI=1S/C22H26O7/c1-22(25)19(23)12-18(29-21(22)26-2)14-28-20(24)16-8-10-17(11-9-16)27-13-15-6-4-3-5-7-15/h3-11,18-19,21,23,25H,12-14H2,1-2H3/t18-,19-,21+,22-/m0/s1. The number of aliphatic hydroxyl groups is 2. The Kier molecular flexibility index (Phi) is 6.87. The topological polar surface area (TPSA) is 94.5 Å². The zero-order valence-electron chi connectivity index (χ0n) is 16.5. The number of carbonyl (C=O) groups excluding carboxylic acids is 1. The first-order valence-corrected chi connectivity index (χ1v) is 9.42. The molecular formula is C22H26O7. The Balaban J connectivity index is 1.49. The van der Waals surface area contributed by atoms with Gasteiger partial charge in [-0.05, 0) is 36.8 Å². The molecular weight excluding hydrogens is 376 g/mol. The van der Waals surface area contributed by atoms with Gasteiger partial charge in [-0.3, -0.25) is 0 Å². The molecule has 0 unspecified atom stereocenters. The monoisotopic (exact) mass is 402 g/mol. The van der Waals surface area contributed by atoms with Crippen LogP contribution in [0.3, 0.4) is 0 Å². The van der Waals surface area contributed by atoms with Crippen LogP contribution < -0.4 is 4.74 Å². The predicted octanol–water partition coefficient (Wildman–Crippen LogP) is 2.30. The zero-order valence-corrected chi connectivity index (χ0v) is 16.5. The lowest BCUT2D eigenvalue weighted by atomic mass is 9.90. The molecule has 1 heterocycles. The van der Waals surface area contributed by atoms with Crippen molar-refractivity contribution in [2.75, 3.05) is 13.7 Å². The van der Waals surface area contributed by atoms with Crippen LogP contribution in [0.15, 0.2) is 54.6 Å². The molecule has 0 bridgehead atoms. The maximum atomic E-state index is 12.3. The number of esters is 1. The van der Waals surface area contributed by atoms with Gasteiger partial charge in [-0.2, -0.15) is 0 Å². The van der Waals surface area contributed by atoms with Crippen LogP contribution in [0.2, 0.25) is 0 Å². The van der Waals surface area contributed by atoms with Crippen LogP contribution in [0, 0.1) is 0 Å². The zero-order chi connectivity index (χ0) is 20.9. The SMILES string of the molecule is CO[C@@H]1O[C@H](COC(=O)c2ccc(OCc3ccccc3)cc2)C[C@H](O)[C@]1(C)O. The predicted molar refractivity (Wildman–Crippen MR) is 104 cm³/mol. The van der Waals surface area contributed by atoms with Gasteiger partial charge in [0, 0.05) is 13.5 Å². The van der Waals surface area contributed by atoms with Gasteiger partial charge < -0.3 is 29.2 Å². The molecule has 2 N–H and O–H groups in total. The quantitative estimate of drug-likeness (QED) is 0.686. The van der Waals surface area contributed by atoms with E-state index < -0.39 is 30.1 Å². The molecule has 29 heavy (non-hydrogen) atoms. The van der Waals surface area contributed by atoms with E-state index in [1.807, 2.05) is 30.3 Å². The first-order valence-electron chi connectivity index (χ1n) is 9.42. The number of rotatable bonds is 7. The van der Waals surface area contributed by atoms with E-state index >= 15 is 0 Å². The molecule has 1 fully saturated rings. The molecule has 0 saturated carbocycles. The van der Waals surface area contributed by atoms with Crippen LogP contribution in [-0.4, -0.2) is 54.0 Å². The second kappa shape index (κ2) is 9.37. The highest BCUT2D eigenvalue weighted by Crippen LogP contribution is 2.30. The highest BCUT2D eigenvalue weighted by Gasteiger charge is 2.47. The minimum Gasteiger partial charge on any atom is -0.489 e. The first-order chi connectivity index (χ1) is 13.9. The molecule has 0 aliphatic carbocycles. The Labute approximate surface area is 169 Å². The summed E-state index contributed by atoms with van der Waals surface area (Å²) in [5.41, 5.74) is -0.0899. The van der Waals surface area contributed by atoms with Gasteiger partial charge in [-0.15, -0.1) is 0 Å². The summed E-state index contributed by atoms with van der Waals surface area (Å²) in [6, 6.07) is 16.5. The maximum absolute atomic E-state index is 12.3. The largest absolute Gasteiger partial charge is 0.489 e. The Morgan fingerprint density at radius 2 is 1.86 bits per heavy atom. The molecule has 7 heteroatoms. The average Bonchev–Trinajstić information content (AvgIpc) is 2.74. The van der Waals surface area contributed by atoms with E-state index in [9.17, 15) is 15.0 Å². The number of aliphatic hydroxyl groups excluding tert-OH is 1. The second-order valence-corrected chi connectivity index (χ2v) is 7.20. The third kappa shape index (κ3) is 5.33. The summed E-state index contributed by atoms with van der Waals surface area (Å²) in [6.45, 7) is 1.82. The number of benzene rings is 2. The minimum atomic E-state index is -1.52. The van der Waals surface area contributed by atoms with Crippen molar-refractivity contribution in [1.82, 2.24) is 0 Å². The van der Waals surface area contributed by atoms with Crippen LogP contribution in [0.25, 0.3) is 0 Å². The van der Waals surface area contributed by atoms with E-state index in [1.165, 1.54) is 14.0 Å². The van der Waals surface area contributed by atoms with Crippen molar-refractivity contribution in [2.45, 2.75) is 44.1 Å². The number of ether oxygens (including phenoxy) is 4. The van der Waals surface area contributed by atoms with Crippen molar-refractivity contribution in [3.63, 3.8) is 0 Å². The first kappa shape index (κ1) is 21.3. The molecule has 0 amide bonds. The van der Waals surface area contributed by atoms with Gasteiger partial charge in [0.05, 0.1) is 17.8 Å². The normalized spacial score (nSPS) is 26.7. The van der Waals surface area contributed by atoms with Gasteiger partial charge in [-0.1, -0.05) is 30.3 Å². The van der Waals surface area contributed by atoms with E-state index in [2.05, 4.69) is 0 Å². The Morgan fingerprint density at radius 1 is 1.17 bits per heavy atom. The third-order valence-corrected chi connectivity index (χ3v) is 4.91. The lowest BCUT2D eigenvalue weighted by Gasteiger charge is -2.42. The summed E-state index contributed by atoms with van der Waals surface area (Å²) >= 11 is 0. The third-order valence-electron chi connectivity index (χ3n) is 4.91. The van der Waals surface area contributed by atoms with E-state index in [-0.39, 0.29) is 13.0 Å². The summed E-state index contributed by atoms with van der Waals surface area (Å²) in [4.78, 5) is 12.3. The Morgan fingerprint density at radius 3 is 2.52 bits per heavy atom. The molecule has 1 saturated heterocycles. The van der Waals surface area contributed by atoms with Crippen molar-refractivity contribution < 1.29 is 34.0 Å². The second-order valence-electron chi connectivity index (χ2n) is 7.20. The van der Waals surface area contributed by atoms with E-state index in [1.54, 1.807) is 24.3 Å². The van der Waals surface area contributed by atoms with Gasteiger partial charge in [0.2, 0.25) is 0 Å². The van der Waals surface area contributed by atoms with Crippen molar-refractivity contribution in [2.24, 2.45) is 0 Å². The van der Waals surface area contributed by atoms with Crippen LogP contribution in [-0.2, 0) is 20.8 Å². The molecule has 2 aromatic carbocycles. The minimum absolute atomic E-state index is 0.0574. The molecule has 0 spiro atoms. The van der Waals surface area contributed by atoms with Crippen molar-refractivity contribution in [3.8, 4) is 5.75 Å². The van der Waals surface area contributed by atoms with Gasteiger partial charge in [0.15, 0.2) is 6.29 Å². The highest BCUT2D eigenvalue weighted by molar-refractivity contribution is 5.89. The smallest absolute Gasteiger partial charge is 0.338 e. The number of hydrogen-bond donors (Lipinski definition) is 2. The lowest BCUT2D eigenvalue weighted by Crippen LogP contribution is -2.58. The van der Waals surface area contributed by atoms with Gasteiger partial charge >= 0.3 is 5.97 Å². The molecule has 2 aromatic rings. The number of hydrogen-bond acceptors (Lipinski definition) is 7. The summed E-state index contributed by atoms with van der Waals surface area (Å²) in [5, 5.41) is 20.3. The van der Waals surface area contributed by atoms with Crippen LogP contribution in [0.5, 0.6) is 5.75 Å². The molecule has 1 aliphatic heterocycles. The molecule has 0 aromatic heterocycles. The number of carbonyl (C=O) groups is 1. The van der Waals surface area contributed by atoms with Crippen molar-refractivity contribution in [1.29, 1.82) is 0 Å². The molecule has 156 valence electrons. The van der Waals surface area contributed by atoms with E-state index in [0.717, 1.165) is 5.56 Å². The number of methoxy groups -OCH3 is 1. The van der Waals surface area contributed by atoms with Gasteiger partial charge in [0.1, 0.15) is 24.6 Å². The Bertz CT molecular complexity index is 789. The maximum Gasteiger partial charge on any atom is 0.338 e. The fourth-order valence-electron chi connectivity index (χ4n) is 3.09. The van der Waals surface area contributed by atoms with Crippen LogP contribution >= 0.6 is 0 Å². The Hall–Kier alpha value is -2.45. The fourth-order valence-corrected chi connectivity index (χ4v) is 3.09. The molecule has 4 atom stereocenters. The molecule has 3 rings (SSSR count). The molecule has 7 nitrogen and oxygen atoms in total. The highest BCUT2D eigenvalue weighted by atomic mass is 16.7. The fraction of sp³-hybridized carbons (Fsp3) is 0.409. The van der Waals surface area contributed by atoms with Crippen molar-refractivity contribution >= 4 is 5.97 Å². The molecule has 1 aliphatic rings. The van der Waals surface area contributed by atoms with Crippen LogP contribution in [0.1, 0.15) is 29.3 Å². The van der Waals surface area contributed by atoms with Crippen molar-refractivity contribution in [3.05, 3.63) is 65.7 Å².